The van der Waals surface area contributed by atoms with Crippen molar-refractivity contribution in [2.24, 2.45) is 0 Å². The van der Waals surface area contributed by atoms with Crippen molar-refractivity contribution < 1.29 is 14.3 Å². The highest BCUT2D eigenvalue weighted by atomic mass is 32.2. The zero-order chi connectivity index (χ0) is 21.3. The predicted octanol–water partition coefficient (Wildman–Crippen LogP) is 4.43. The van der Waals surface area contributed by atoms with E-state index in [2.05, 4.69) is 5.32 Å². The molecule has 0 radical (unpaired) electrons. The smallest absolute Gasteiger partial charge is 0.244 e. The highest BCUT2D eigenvalue weighted by Crippen LogP contribution is 2.20. The average molecular weight is 427 g/mol. The van der Waals surface area contributed by atoms with E-state index in [1.165, 1.54) is 0 Å². The van der Waals surface area contributed by atoms with E-state index in [1.54, 1.807) is 16.7 Å². The maximum absolute atomic E-state index is 12.9. The number of ether oxygens (including phenoxy) is 1. The molecule has 0 aromatic heterocycles. The summed E-state index contributed by atoms with van der Waals surface area (Å²) in [6.07, 6.45) is 2.35. The van der Waals surface area contributed by atoms with Crippen LogP contribution in [0.15, 0.2) is 53.4 Å². The van der Waals surface area contributed by atoms with Crippen LogP contribution in [0.3, 0.4) is 0 Å². The van der Waals surface area contributed by atoms with Crippen LogP contribution in [0.5, 0.6) is 0 Å². The zero-order valence-corrected chi connectivity index (χ0v) is 18.5. The molecule has 2 amide bonds. The molecule has 0 aliphatic carbocycles. The molecule has 1 aliphatic heterocycles. The monoisotopic (exact) mass is 426 g/mol. The molecule has 1 heterocycles. The lowest BCUT2D eigenvalue weighted by Gasteiger charge is -2.25. The molecule has 2 aromatic carbocycles. The third-order valence-corrected chi connectivity index (χ3v) is 6.36. The normalized spacial score (nSPS) is 15.7. The van der Waals surface area contributed by atoms with E-state index < -0.39 is 0 Å². The molecule has 1 saturated heterocycles. The van der Waals surface area contributed by atoms with Crippen molar-refractivity contribution in [3.63, 3.8) is 0 Å². The van der Waals surface area contributed by atoms with E-state index in [1.807, 2.05) is 62.4 Å². The van der Waals surface area contributed by atoms with Gasteiger partial charge in [-0.25, -0.2) is 0 Å². The molecule has 30 heavy (non-hydrogen) atoms. The first-order chi connectivity index (χ1) is 14.5. The maximum Gasteiger partial charge on any atom is 0.244 e. The lowest BCUT2D eigenvalue weighted by Crippen LogP contribution is -2.42. The summed E-state index contributed by atoms with van der Waals surface area (Å²) in [6, 6.07) is 15.9. The molecule has 1 unspecified atom stereocenters. The first-order valence-corrected chi connectivity index (χ1v) is 11.4. The second kappa shape index (κ2) is 11.2. The van der Waals surface area contributed by atoms with Gasteiger partial charge in [0.2, 0.25) is 11.8 Å². The van der Waals surface area contributed by atoms with E-state index in [4.69, 9.17) is 4.74 Å². The van der Waals surface area contributed by atoms with Gasteiger partial charge < -0.3 is 15.0 Å². The van der Waals surface area contributed by atoms with Crippen LogP contribution < -0.4 is 5.32 Å². The number of anilines is 1. The van der Waals surface area contributed by atoms with Crippen molar-refractivity contribution in [3.8, 4) is 0 Å². The van der Waals surface area contributed by atoms with Crippen molar-refractivity contribution in [2.75, 3.05) is 30.8 Å². The van der Waals surface area contributed by atoms with E-state index in [-0.39, 0.29) is 24.5 Å². The molecule has 1 aliphatic rings. The SMILES string of the molecule is Cc1cccc(NC(=O)CN(CC2CCCO2)C(=O)CCSc2ccccc2)c1C. The number of nitrogens with zero attached hydrogens (tertiary/aromatic N) is 1. The Morgan fingerprint density at radius 3 is 2.67 bits per heavy atom. The molecule has 1 atom stereocenters. The van der Waals surface area contributed by atoms with Crippen LogP contribution in [0.2, 0.25) is 0 Å². The Morgan fingerprint density at radius 1 is 1.13 bits per heavy atom. The van der Waals surface area contributed by atoms with Crippen LogP contribution in [0, 0.1) is 13.8 Å². The fraction of sp³-hybridized carbons (Fsp3) is 0.417. The van der Waals surface area contributed by atoms with Gasteiger partial charge in [0.05, 0.1) is 12.6 Å². The Kier molecular flexibility index (Phi) is 8.34. The van der Waals surface area contributed by atoms with Crippen LogP contribution in [0.25, 0.3) is 0 Å². The predicted molar refractivity (Wildman–Crippen MR) is 122 cm³/mol. The molecule has 160 valence electrons. The number of rotatable bonds is 9. The second-order valence-corrected chi connectivity index (χ2v) is 8.78. The molecular formula is C24H30N2O3S. The maximum atomic E-state index is 12.9. The highest BCUT2D eigenvalue weighted by molar-refractivity contribution is 7.99. The third kappa shape index (κ3) is 6.61. The molecule has 0 saturated carbocycles. The largest absolute Gasteiger partial charge is 0.376 e. The van der Waals surface area contributed by atoms with Crippen molar-refractivity contribution in [1.82, 2.24) is 4.90 Å². The molecule has 5 nitrogen and oxygen atoms in total. The Hall–Kier alpha value is -2.31. The number of aryl methyl sites for hydroxylation is 1. The standard InChI is InChI=1S/C24H30N2O3S/c1-18-8-6-12-22(19(18)2)25-23(27)17-26(16-20-9-7-14-29-20)24(28)13-15-30-21-10-4-3-5-11-21/h3-6,8,10-12,20H,7,9,13-17H2,1-2H3,(H,25,27). The van der Waals surface area contributed by atoms with Gasteiger partial charge in [0, 0.05) is 35.9 Å². The lowest BCUT2D eigenvalue weighted by molar-refractivity contribution is -0.135. The number of thioether (sulfide) groups is 1. The number of amides is 2. The van der Waals surface area contributed by atoms with Crippen LogP contribution in [-0.4, -0.2) is 48.3 Å². The summed E-state index contributed by atoms with van der Waals surface area (Å²) in [7, 11) is 0. The van der Waals surface area contributed by atoms with Crippen molar-refractivity contribution >= 4 is 29.3 Å². The van der Waals surface area contributed by atoms with Crippen LogP contribution in [-0.2, 0) is 14.3 Å². The number of hydrogen-bond acceptors (Lipinski definition) is 4. The summed E-state index contributed by atoms with van der Waals surface area (Å²) in [5.74, 6) is 0.500. The van der Waals surface area contributed by atoms with Gasteiger partial charge in [-0.2, -0.15) is 0 Å². The van der Waals surface area contributed by atoms with Crippen LogP contribution in [0.1, 0.15) is 30.4 Å². The summed E-state index contributed by atoms with van der Waals surface area (Å²) in [4.78, 5) is 28.4. The zero-order valence-electron chi connectivity index (χ0n) is 17.7. The van der Waals surface area contributed by atoms with Gasteiger partial charge in [0.25, 0.3) is 0 Å². The first kappa shape index (κ1) is 22.4. The summed E-state index contributed by atoms with van der Waals surface area (Å²) in [5.41, 5.74) is 2.96. The minimum absolute atomic E-state index is 0.00922. The number of carbonyl (C=O) groups excluding carboxylic acids is 2. The van der Waals surface area contributed by atoms with Gasteiger partial charge >= 0.3 is 0 Å². The van der Waals surface area contributed by atoms with Gasteiger partial charge in [-0.3, -0.25) is 9.59 Å². The van der Waals surface area contributed by atoms with Gasteiger partial charge in [-0.15, -0.1) is 11.8 Å². The number of nitrogens with one attached hydrogen (secondary N) is 1. The van der Waals surface area contributed by atoms with Gasteiger partial charge in [-0.05, 0) is 56.0 Å². The third-order valence-electron chi connectivity index (χ3n) is 5.34. The molecule has 0 bridgehead atoms. The molecule has 2 aromatic rings. The van der Waals surface area contributed by atoms with Crippen LogP contribution in [0.4, 0.5) is 5.69 Å². The van der Waals surface area contributed by atoms with Crippen LogP contribution >= 0.6 is 11.8 Å². The van der Waals surface area contributed by atoms with E-state index in [0.29, 0.717) is 18.7 Å². The van der Waals surface area contributed by atoms with Crippen molar-refractivity contribution in [1.29, 1.82) is 0 Å². The number of carbonyl (C=O) groups is 2. The van der Waals surface area contributed by atoms with Gasteiger partial charge in [0.1, 0.15) is 0 Å². The average Bonchev–Trinajstić information content (AvgIpc) is 3.25. The molecular weight excluding hydrogens is 396 g/mol. The first-order valence-electron chi connectivity index (χ1n) is 10.5. The summed E-state index contributed by atoms with van der Waals surface area (Å²) < 4.78 is 5.71. The number of hydrogen-bond donors (Lipinski definition) is 1. The molecule has 6 heteroatoms. The number of benzene rings is 2. The quantitative estimate of drug-likeness (QED) is 0.603. The highest BCUT2D eigenvalue weighted by Gasteiger charge is 2.24. The van der Waals surface area contributed by atoms with Gasteiger partial charge in [-0.1, -0.05) is 30.3 Å². The molecule has 0 spiro atoms. The van der Waals surface area contributed by atoms with E-state index >= 15 is 0 Å². The minimum Gasteiger partial charge on any atom is -0.376 e. The fourth-order valence-corrected chi connectivity index (χ4v) is 4.33. The second-order valence-electron chi connectivity index (χ2n) is 7.62. The molecule has 1 N–H and O–H groups in total. The molecule has 3 rings (SSSR count). The van der Waals surface area contributed by atoms with Gasteiger partial charge in [0.15, 0.2) is 0 Å². The Morgan fingerprint density at radius 2 is 1.93 bits per heavy atom. The lowest BCUT2D eigenvalue weighted by atomic mass is 10.1. The molecule has 1 fully saturated rings. The Bertz CT molecular complexity index is 851. The summed E-state index contributed by atoms with van der Waals surface area (Å²) in [6.45, 7) is 5.24. The van der Waals surface area contributed by atoms with E-state index in [9.17, 15) is 9.59 Å². The summed E-state index contributed by atoms with van der Waals surface area (Å²) in [5, 5.41) is 2.96. The van der Waals surface area contributed by atoms with E-state index in [0.717, 1.165) is 41.2 Å². The van der Waals surface area contributed by atoms with Crippen molar-refractivity contribution in [3.05, 3.63) is 59.7 Å². The fourth-order valence-electron chi connectivity index (χ4n) is 3.47. The topological polar surface area (TPSA) is 58.6 Å². The summed E-state index contributed by atoms with van der Waals surface area (Å²) >= 11 is 1.65. The Labute approximate surface area is 183 Å². The minimum atomic E-state index is -0.175. The van der Waals surface area contributed by atoms with Crippen molar-refractivity contribution in [2.45, 2.75) is 44.1 Å². The Balaban J connectivity index is 1.58.